The first-order valence-electron chi connectivity index (χ1n) is 8.28. The van der Waals surface area contributed by atoms with Crippen LogP contribution in [0.15, 0.2) is 30.3 Å². The lowest BCUT2D eigenvalue weighted by Crippen LogP contribution is -2.16. The number of hydrogen-bond donors (Lipinski definition) is 0. The number of ether oxygens (including phenoxy) is 5. The van der Waals surface area contributed by atoms with Gasteiger partial charge in [-0.05, 0) is 19.4 Å². The van der Waals surface area contributed by atoms with Crippen LogP contribution in [-0.4, -0.2) is 33.8 Å². The summed E-state index contributed by atoms with van der Waals surface area (Å²) in [5.74, 6) is -1.22. The van der Waals surface area contributed by atoms with Gasteiger partial charge in [-0.15, -0.1) is 0 Å². The summed E-state index contributed by atoms with van der Waals surface area (Å²) in [6, 6.07) is 9.37. The molecule has 0 aliphatic heterocycles. The third-order valence-electron chi connectivity index (χ3n) is 3.87. The van der Waals surface area contributed by atoms with E-state index in [1.165, 1.54) is 21.1 Å². The Morgan fingerprint density at radius 1 is 0.926 bits per heavy atom. The lowest BCUT2D eigenvalue weighted by Gasteiger charge is -2.20. The molecule has 0 saturated carbocycles. The maximum Gasteiger partial charge on any atom is 0.344 e. The normalized spacial score (nSPS) is 10.6. The molecule has 0 atom stereocenters. The van der Waals surface area contributed by atoms with Crippen LogP contribution in [0.4, 0.5) is 4.39 Å². The van der Waals surface area contributed by atoms with Crippen LogP contribution in [0.3, 0.4) is 0 Å². The van der Waals surface area contributed by atoms with Crippen LogP contribution in [0.1, 0.15) is 27.0 Å². The van der Waals surface area contributed by atoms with Crippen LogP contribution in [-0.2, 0) is 20.8 Å². The van der Waals surface area contributed by atoms with Crippen molar-refractivity contribution in [3.63, 3.8) is 0 Å². The van der Waals surface area contributed by atoms with Crippen molar-refractivity contribution in [1.29, 1.82) is 0 Å². The second-order valence-corrected chi connectivity index (χ2v) is 5.76. The maximum absolute atomic E-state index is 15.0. The second-order valence-electron chi connectivity index (χ2n) is 5.76. The summed E-state index contributed by atoms with van der Waals surface area (Å²) >= 11 is 0. The number of hydrogen-bond acceptors (Lipinski definition) is 6. The molecule has 0 aliphatic rings. The predicted octanol–water partition coefficient (Wildman–Crippen LogP) is 3.76. The SMILES string of the molecule is COCOC(=O)c1c(C)c(F)c(OCc2ccccc2)c(C)c1OCOC. The van der Waals surface area contributed by atoms with Gasteiger partial charge in [-0.3, -0.25) is 0 Å². The molecule has 7 heteroatoms. The van der Waals surface area contributed by atoms with Gasteiger partial charge in [-0.25, -0.2) is 9.18 Å². The van der Waals surface area contributed by atoms with E-state index in [1.54, 1.807) is 6.92 Å². The molecule has 0 amide bonds. The molecular weight excluding hydrogens is 355 g/mol. The van der Waals surface area contributed by atoms with Crippen LogP contribution >= 0.6 is 0 Å². The van der Waals surface area contributed by atoms with Gasteiger partial charge in [0, 0.05) is 25.3 Å². The van der Waals surface area contributed by atoms with Crippen molar-refractivity contribution in [2.75, 3.05) is 27.8 Å². The Hall–Kier alpha value is -2.64. The minimum absolute atomic E-state index is 0.0192. The largest absolute Gasteiger partial charge is 0.485 e. The van der Waals surface area contributed by atoms with E-state index in [4.69, 9.17) is 23.7 Å². The molecule has 6 nitrogen and oxygen atoms in total. The number of carbonyl (C=O) groups excluding carboxylic acids is 1. The highest BCUT2D eigenvalue weighted by Gasteiger charge is 2.27. The Kier molecular flexibility index (Phi) is 7.57. The quantitative estimate of drug-likeness (QED) is 0.489. The molecule has 27 heavy (non-hydrogen) atoms. The Balaban J connectivity index is 2.42. The Labute approximate surface area is 157 Å². The molecule has 0 heterocycles. The zero-order chi connectivity index (χ0) is 19.8. The summed E-state index contributed by atoms with van der Waals surface area (Å²) in [5, 5.41) is 0. The zero-order valence-corrected chi connectivity index (χ0v) is 15.8. The Morgan fingerprint density at radius 3 is 2.22 bits per heavy atom. The lowest BCUT2D eigenvalue weighted by atomic mass is 10.0. The van der Waals surface area contributed by atoms with Crippen LogP contribution in [0.25, 0.3) is 0 Å². The standard InChI is InChI=1S/C20H23FO6/c1-13-16(20(22)27-12-24-4)18(26-11-23-3)14(2)19(17(13)21)25-10-15-8-6-5-7-9-15/h5-9H,10-12H2,1-4H3. The zero-order valence-electron chi connectivity index (χ0n) is 15.8. The van der Waals surface area contributed by atoms with Gasteiger partial charge >= 0.3 is 5.97 Å². The van der Waals surface area contributed by atoms with Gasteiger partial charge in [-0.2, -0.15) is 0 Å². The molecule has 0 saturated heterocycles. The topological polar surface area (TPSA) is 63.2 Å². The van der Waals surface area contributed by atoms with Crippen molar-refractivity contribution in [1.82, 2.24) is 0 Å². The first kappa shape index (κ1) is 20.7. The predicted molar refractivity (Wildman–Crippen MR) is 96.4 cm³/mol. The van der Waals surface area contributed by atoms with Crippen LogP contribution in [0, 0.1) is 19.7 Å². The van der Waals surface area contributed by atoms with Gasteiger partial charge in [0.1, 0.15) is 17.9 Å². The number of benzene rings is 2. The highest BCUT2D eigenvalue weighted by atomic mass is 19.1. The van der Waals surface area contributed by atoms with Gasteiger partial charge in [0.25, 0.3) is 0 Å². The summed E-state index contributed by atoms with van der Waals surface area (Å²) in [6.45, 7) is 2.88. The average molecular weight is 378 g/mol. The molecule has 146 valence electrons. The highest BCUT2D eigenvalue weighted by Crippen LogP contribution is 2.38. The first-order valence-corrected chi connectivity index (χ1v) is 8.28. The van der Waals surface area contributed by atoms with Gasteiger partial charge in [0.2, 0.25) is 0 Å². The minimum atomic E-state index is -0.753. The maximum atomic E-state index is 15.0. The number of rotatable bonds is 9. The lowest BCUT2D eigenvalue weighted by molar-refractivity contribution is -0.0134. The van der Waals surface area contributed by atoms with Gasteiger partial charge in [0.05, 0.1) is 0 Å². The summed E-state index contributed by atoms with van der Waals surface area (Å²) in [6.07, 6.45) is 0. The first-order chi connectivity index (χ1) is 13.0. The molecular formula is C20H23FO6. The fourth-order valence-electron chi connectivity index (χ4n) is 2.54. The molecule has 0 unspecified atom stereocenters. The summed E-state index contributed by atoms with van der Waals surface area (Å²) in [7, 11) is 2.83. The van der Waals surface area contributed by atoms with E-state index >= 15 is 0 Å². The summed E-state index contributed by atoms with van der Waals surface area (Å²) in [5.41, 5.74) is 1.27. The van der Waals surface area contributed by atoms with E-state index in [2.05, 4.69) is 0 Å². The third kappa shape index (κ3) is 4.96. The summed E-state index contributed by atoms with van der Waals surface area (Å²) < 4.78 is 40.8. The molecule has 0 aliphatic carbocycles. The van der Waals surface area contributed by atoms with Gasteiger partial charge in [-0.1, -0.05) is 30.3 Å². The molecule has 0 bridgehead atoms. The minimum Gasteiger partial charge on any atom is -0.485 e. The van der Waals surface area contributed by atoms with Crippen molar-refractivity contribution in [3.05, 3.63) is 58.4 Å². The number of methoxy groups -OCH3 is 2. The molecule has 2 aromatic rings. The number of halogens is 1. The average Bonchev–Trinajstić information content (AvgIpc) is 2.68. The van der Waals surface area contributed by atoms with E-state index in [0.717, 1.165) is 5.56 Å². The third-order valence-corrected chi connectivity index (χ3v) is 3.87. The van der Waals surface area contributed by atoms with Crippen molar-refractivity contribution in [2.24, 2.45) is 0 Å². The van der Waals surface area contributed by atoms with Crippen molar-refractivity contribution in [3.8, 4) is 11.5 Å². The smallest absolute Gasteiger partial charge is 0.344 e. The monoisotopic (exact) mass is 378 g/mol. The van der Waals surface area contributed by atoms with E-state index in [-0.39, 0.29) is 42.8 Å². The van der Waals surface area contributed by atoms with Crippen molar-refractivity contribution in [2.45, 2.75) is 20.5 Å². The van der Waals surface area contributed by atoms with E-state index in [0.29, 0.717) is 5.56 Å². The van der Waals surface area contributed by atoms with Gasteiger partial charge < -0.3 is 23.7 Å². The Morgan fingerprint density at radius 2 is 1.59 bits per heavy atom. The van der Waals surface area contributed by atoms with Crippen molar-refractivity contribution >= 4 is 5.97 Å². The van der Waals surface area contributed by atoms with Crippen LogP contribution in [0.5, 0.6) is 11.5 Å². The fourth-order valence-corrected chi connectivity index (χ4v) is 2.54. The Bertz CT molecular complexity index is 776. The highest BCUT2D eigenvalue weighted by molar-refractivity contribution is 5.95. The number of carbonyl (C=O) groups is 1. The fraction of sp³-hybridized carbons (Fsp3) is 0.350. The molecule has 0 N–H and O–H groups in total. The molecule has 2 aromatic carbocycles. The molecule has 0 aromatic heterocycles. The summed E-state index contributed by atoms with van der Waals surface area (Å²) in [4.78, 5) is 12.4. The van der Waals surface area contributed by atoms with Crippen LogP contribution < -0.4 is 9.47 Å². The number of esters is 1. The van der Waals surface area contributed by atoms with Gasteiger partial charge in [0.15, 0.2) is 25.2 Å². The van der Waals surface area contributed by atoms with E-state index < -0.39 is 11.8 Å². The molecule has 0 spiro atoms. The molecule has 2 rings (SSSR count). The van der Waals surface area contributed by atoms with E-state index in [9.17, 15) is 9.18 Å². The molecule has 0 radical (unpaired) electrons. The van der Waals surface area contributed by atoms with Crippen LogP contribution in [0.2, 0.25) is 0 Å². The van der Waals surface area contributed by atoms with E-state index in [1.807, 2.05) is 30.3 Å². The second kappa shape index (κ2) is 9.89. The molecule has 0 fully saturated rings. The van der Waals surface area contributed by atoms with Crippen molar-refractivity contribution < 1.29 is 32.9 Å².